The summed E-state index contributed by atoms with van der Waals surface area (Å²) in [5.41, 5.74) is 2.22. The maximum Gasteiger partial charge on any atom is 0.275 e. The highest BCUT2D eigenvalue weighted by molar-refractivity contribution is 7.19. The minimum absolute atomic E-state index is 0.215. The largest absolute Gasteiger partial charge is 0.275 e. The van der Waals surface area contributed by atoms with E-state index in [0.29, 0.717) is 20.7 Å². The molecule has 2 aromatic carbocycles. The molecule has 4 nitrogen and oxygen atoms in total. The van der Waals surface area contributed by atoms with Crippen molar-refractivity contribution in [2.24, 2.45) is 0 Å². The molecular formula is C19H12ClN3OS. The zero-order valence-corrected chi connectivity index (χ0v) is 14.5. The fourth-order valence-corrected chi connectivity index (χ4v) is 3.64. The molecule has 4 rings (SSSR count). The second-order valence-corrected chi connectivity index (χ2v) is 6.71. The lowest BCUT2D eigenvalue weighted by molar-refractivity contribution is 0.901. The number of fused-ring (bicyclic) bond motifs is 1. The molecule has 2 aromatic heterocycles. The van der Waals surface area contributed by atoms with Gasteiger partial charge in [-0.2, -0.15) is 9.61 Å². The van der Waals surface area contributed by atoms with E-state index in [0.717, 1.165) is 11.1 Å². The van der Waals surface area contributed by atoms with Crippen LogP contribution < -0.4 is 5.56 Å². The predicted molar refractivity (Wildman–Crippen MR) is 103 cm³/mol. The lowest BCUT2D eigenvalue weighted by Gasteiger charge is -1.96. The zero-order valence-electron chi connectivity index (χ0n) is 13.0. The van der Waals surface area contributed by atoms with Gasteiger partial charge in [0, 0.05) is 11.6 Å². The molecule has 6 heteroatoms. The molecule has 2 heterocycles. The molecule has 0 bridgehead atoms. The zero-order chi connectivity index (χ0) is 17.2. The number of halogens is 1. The topological polar surface area (TPSA) is 47.3 Å². The van der Waals surface area contributed by atoms with Crippen LogP contribution in [0.25, 0.3) is 27.7 Å². The van der Waals surface area contributed by atoms with E-state index >= 15 is 0 Å². The third-order valence-corrected chi connectivity index (χ3v) is 4.89. The summed E-state index contributed by atoms with van der Waals surface area (Å²) in [6.07, 6.45) is 3.75. The normalized spacial score (nSPS) is 11.4. The molecule has 0 spiro atoms. The molecule has 0 aliphatic carbocycles. The number of hydrogen-bond donors (Lipinski definition) is 0. The van der Waals surface area contributed by atoms with E-state index in [1.807, 2.05) is 60.7 Å². The van der Waals surface area contributed by atoms with Gasteiger partial charge in [0.1, 0.15) is 5.01 Å². The Morgan fingerprint density at radius 3 is 2.56 bits per heavy atom. The van der Waals surface area contributed by atoms with Crippen LogP contribution in [-0.4, -0.2) is 14.6 Å². The lowest BCUT2D eigenvalue weighted by Crippen LogP contribution is -2.14. The van der Waals surface area contributed by atoms with Crippen molar-refractivity contribution in [2.45, 2.75) is 0 Å². The van der Waals surface area contributed by atoms with Crippen LogP contribution in [0.2, 0.25) is 5.02 Å². The summed E-state index contributed by atoms with van der Waals surface area (Å²) in [6, 6.07) is 18.8. The minimum Gasteiger partial charge on any atom is -0.267 e. The summed E-state index contributed by atoms with van der Waals surface area (Å²) in [7, 11) is 0. The summed E-state index contributed by atoms with van der Waals surface area (Å²) in [4.78, 5) is 17.4. The monoisotopic (exact) mass is 365 g/mol. The Labute approximate surface area is 152 Å². The number of nitrogens with zero attached hydrogens (tertiary/aromatic N) is 3. The Morgan fingerprint density at radius 1 is 1.00 bits per heavy atom. The Morgan fingerprint density at radius 2 is 1.76 bits per heavy atom. The highest BCUT2D eigenvalue weighted by Crippen LogP contribution is 2.30. The third-order valence-electron chi connectivity index (χ3n) is 3.62. The first-order valence-corrected chi connectivity index (χ1v) is 8.79. The number of aromatic nitrogens is 3. The Balaban J connectivity index is 1.76. The molecule has 0 saturated carbocycles. The van der Waals surface area contributed by atoms with Crippen molar-refractivity contribution in [3.8, 4) is 10.6 Å². The van der Waals surface area contributed by atoms with Crippen molar-refractivity contribution < 1.29 is 0 Å². The highest BCUT2D eigenvalue weighted by atomic mass is 35.5. The van der Waals surface area contributed by atoms with Crippen LogP contribution in [0.4, 0.5) is 0 Å². The van der Waals surface area contributed by atoms with Crippen LogP contribution in [0.15, 0.2) is 65.5 Å². The van der Waals surface area contributed by atoms with Gasteiger partial charge in [0.15, 0.2) is 0 Å². The first-order chi connectivity index (χ1) is 12.2. The molecule has 0 N–H and O–H groups in total. The number of benzene rings is 2. The number of hydrogen-bond acceptors (Lipinski definition) is 4. The SMILES string of the molecule is O=c1cc(C=Cc2ccccc2)nc2sc(-c3ccccc3Cl)nn12. The van der Waals surface area contributed by atoms with Gasteiger partial charge in [0.05, 0.1) is 10.7 Å². The summed E-state index contributed by atoms with van der Waals surface area (Å²) < 4.78 is 1.31. The average molecular weight is 366 g/mol. The van der Waals surface area contributed by atoms with Crippen molar-refractivity contribution in [1.82, 2.24) is 14.6 Å². The van der Waals surface area contributed by atoms with Crippen molar-refractivity contribution in [1.29, 1.82) is 0 Å². The average Bonchev–Trinajstić information content (AvgIpc) is 3.06. The molecule has 0 unspecified atom stereocenters. The maximum absolute atomic E-state index is 12.3. The molecule has 25 heavy (non-hydrogen) atoms. The molecule has 0 amide bonds. The van der Waals surface area contributed by atoms with Gasteiger partial charge in [0.25, 0.3) is 5.56 Å². The van der Waals surface area contributed by atoms with Gasteiger partial charge in [-0.25, -0.2) is 4.98 Å². The lowest BCUT2D eigenvalue weighted by atomic mass is 10.2. The Kier molecular flexibility index (Phi) is 4.17. The molecule has 0 atom stereocenters. The molecule has 0 fully saturated rings. The molecule has 4 aromatic rings. The molecular weight excluding hydrogens is 354 g/mol. The van der Waals surface area contributed by atoms with Crippen molar-refractivity contribution in [3.05, 3.63) is 87.3 Å². The highest BCUT2D eigenvalue weighted by Gasteiger charge is 2.12. The Bertz CT molecular complexity index is 1130. The van der Waals surface area contributed by atoms with E-state index in [2.05, 4.69) is 10.1 Å². The molecule has 0 aliphatic rings. The predicted octanol–water partition coefficient (Wildman–Crippen LogP) is 4.64. The molecule has 0 saturated heterocycles. The van der Waals surface area contributed by atoms with Gasteiger partial charge in [-0.3, -0.25) is 4.79 Å². The van der Waals surface area contributed by atoms with Crippen LogP contribution in [0, 0.1) is 0 Å². The van der Waals surface area contributed by atoms with Gasteiger partial charge in [-0.15, -0.1) is 0 Å². The third kappa shape index (κ3) is 3.24. The van der Waals surface area contributed by atoms with Gasteiger partial charge in [-0.05, 0) is 17.7 Å². The summed E-state index contributed by atoms with van der Waals surface area (Å²) in [5.74, 6) is 0. The summed E-state index contributed by atoms with van der Waals surface area (Å²) in [5, 5.41) is 5.62. The van der Waals surface area contributed by atoms with Crippen molar-refractivity contribution in [3.63, 3.8) is 0 Å². The van der Waals surface area contributed by atoms with Crippen molar-refractivity contribution >= 4 is 40.1 Å². The second kappa shape index (κ2) is 6.63. The smallest absolute Gasteiger partial charge is 0.267 e. The van der Waals surface area contributed by atoms with Crippen LogP contribution >= 0.6 is 22.9 Å². The summed E-state index contributed by atoms with van der Waals surface area (Å²) >= 11 is 7.56. The van der Waals surface area contributed by atoms with Gasteiger partial charge >= 0.3 is 0 Å². The first kappa shape index (κ1) is 15.7. The summed E-state index contributed by atoms with van der Waals surface area (Å²) in [6.45, 7) is 0. The Hall–Kier alpha value is -2.76. The van der Waals surface area contributed by atoms with E-state index in [1.54, 1.807) is 6.07 Å². The van der Waals surface area contributed by atoms with Crippen LogP contribution in [0.5, 0.6) is 0 Å². The van der Waals surface area contributed by atoms with E-state index in [1.165, 1.54) is 21.9 Å². The molecule has 0 radical (unpaired) electrons. The van der Waals surface area contributed by atoms with E-state index in [4.69, 9.17) is 11.6 Å². The minimum atomic E-state index is -0.215. The first-order valence-electron chi connectivity index (χ1n) is 7.60. The maximum atomic E-state index is 12.3. The van der Waals surface area contributed by atoms with Crippen molar-refractivity contribution in [2.75, 3.05) is 0 Å². The van der Waals surface area contributed by atoms with Crippen LogP contribution in [0.3, 0.4) is 0 Å². The van der Waals surface area contributed by atoms with Gasteiger partial charge in [0.2, 0.25) is 4.96 Å². The standard InChI is InChI=1S/C19H12ClN3OS/c20-16-9-5-4-8-15(16)18-22-23-17(24)12-14(21-19(23)25-18)11-10-13-6-2-1-3-7-13/h1-12H. The second-order valence-electron chi connectivity index (χ2n) is 5.34. The van der Waals surface area contributed by atoms with Crippen LogP contribution in [0.1, 0.15) is 11.3 Å². The van der Waals surface area contributed by atoms with Gasteiger partial charge < -0.3 is 0 Å². The number of rotatable bonds is 3. The molecule has 0 aliphatic heterocycles. The van der Waals surface area contributed by atoms with E-state index in [-0.39, 0.29) is 5.56 Å². The van der Waals surface area contributed by atoms with Crippen LogP contribution in [-0.2, 0) is 0 Å². The fraction of sp³-hybridized carbons (Fsp3) is 0. The van der Waals surface area contributed by atoms with E-state index < -0.39 is 0 Å². The van der Waals surface area contributed by atoms with Gasteiger partial charge in [-0.1, -0.05) is 77.5 Å². The molecule has 122 valence electrons. The quantitative estimate of drug-likeness (QED) is 0.531. The fourth-order valence-electron chi connectivity index (χ4n) is 2.40. The van der Waals surface area contributed by atoms with E-state index in [9.17, 15) is 4.79 Å².